The third kappa shape index (κ3) is 5.10. The van der Waals surface area contributed by atoms with Crippen LogP contribution in [0.15, 0.2) is 0 Å². The van der Waals surface area contributed by atoms with Crippen LogP contribution in [-0.2, 0) is 14.0 Å². The molecule has 2 saturated carbocycles. The Labute approximate surface area is 175 Å². The molecule has 0 N–H and O–H groups in total. The van der Waals surface area contributed by atoms with Crippen LogP contribution in [0.1, 0.15) is 81.1 Å². The molecule has 164 valence electrons. The molecule has 2 fully saturated rings. The van der Waals surface area contributed by atoms with Crippen LogP contribution in [0.25, 0.3) is 0 Å². The molecule has 4 heteroatoms. The van der Waals surface area contributed by atoms with Crippen LogP contribution in [0, 0.1) is 29.6 Å². The topological polar surface area (TPSA) is 35.5 Å². The monoisotopic (exact) mass is 410 g/mol. The lowest BCUT2D eigenvalue weighted by Gasteiger charge is -2.42. The fourth-order valence-corrected chi connectivity index (χ4v) is 9.04. The number of Topliss-reactive ketones (excluding diaryl/α,β-unsaturated/α-hetero) is 1. The second kappa shape index (κ2) is 9.74. The summed E-state index contributed by atoms with van der Waals surface area (Å²) < 4.78 is 13.3. The Bertz CT molecular complexity index is 506. The molecule has 0 heterocycles. The fourth-order valence-electron chi connectivity index (χ4n) is 5.79. The Morgan fingerprint density at radius 2 is 1.68 bits per heavy atom. The van der Waals surface area contributed by atoms with Gasteiger partial charge in [-0.25, -0.2) is 0 Å². The number of hydrogen-bond donors (Lipinski definition) is 0. The van der Waals surface area contributed by atoms with Crippen molar-refractivity contribution < 1.29 is 14.0 Å². The summed E-state index contributed by atoms with van der Waals surface area (Å²) in [6.45, 7) is 19.0. The number of ketones is 1. The van der Waals surface area contributed by atoms with E-state index in [0.717, 1.165) is 32.3 Å². The van der Waals surface area contributed by atoms with Crippen LogP contribution >= 0.6 is 0 Å². The molecule has 28 heavy (non-hydrogen) atoms. The van der Waals surface area contributed by atoms with E-state index < -0.39 is 8.32 Å². The van der Waals surface area contributed by atoms with Gasteiger partial charge in [0.05, 0.1) is 18.3 Å². The SMILES string of the molecule is CC[Si](CC)(CC)OC(C)(C)[C@@H](C)CO[C@H](C)C1CCC2C(=O)CC[C@@H](C)C21. The predicted octanol–water partition coefficient (Wildman–Crippen LogP) is 6.47. The Kier molecular flexibility index (Phi) is 8.38. The summed E-state index contributed by atoms with van der Waals surface area (Å²) in [5.41, 5.74) is -0.153. The van der Waals surface area contributed by atoms with E-state index in [1.807, 2.05) is 0 Å². The second-order valence-electron chi connectivity index (χ2n) is 10.3. The van der Waals surface area contributed by atoms with Gasteiger partial charge in [0, 0.05) is 18.3 Å². The van der Waals surface area contributed by atoms with Crippen LogP contribution in [0.2, 0.25) is 18.1 Å². The summed E-state index contributed by atoms with van der Waals surface area (Å²) in [5.74, 6) is 2.91. The van der Waals surface area contributed by atoms with E-state index in [9.17, 15) is 4.79 Å². The van der Waals surface area contributed by atoms with Crippen molar-refractivity contribution in [3.05, 3.63) is 0 Å². The average molecular weight is 411 g/mol. The summed E-state index contributed by atoms with van der Waals surface area (Å²) >= 11 is 0. The minimum atomic E-state index is -1.63. The highest BCUT2D eigenvalue weighted by Gasteiger charge is 2.47. The van der Waals surface area contributed by atoms with E-state index in [4.69, 9.17) is 9.16 Å². The lowest BCUT2D eigenvalue weighted by Crippen LogP contribution is -2.48. The van der Waals surface area contributed by atoms with Crippen LogP contribution < -0.4 is 0 Å². The van der Waals surface area contributed by atoms with E-state index in [0.29, 0.717) is 35.4 Å². The van der Waals surface area contributed by atoms with Crippen molar-refractivity contribution in [3.63, 3.8) is 0 Å². The van der Waals surface area contributed by atoms with E-state index in [2.05, 4.69) is 55.4 Å². The van der Waals surface area contributed by atoms with Crippen molar-refractivity contribution in [2.24, 2.45) is 29.6 Å². The van der Waals surface area contributed by atoms with Crippen molar-refractivity contribution in [2.75, 3.05) is 6.61 Å². The molecule has 6 atom stereocenters. The third-order valence-corrected chi connectivity index (χ3v) is 13.3. The van der Waals surface area contributed by atoms with Gasteiger partial charge in [-0.15, -0.1) is 0 Å². The van der Waals surface area contributed by atoms with Gasteiger partial charge in [-0.05, 0) is 75.9 Å². The zero-order chi connectivity index (χ0) is 21.1. The van der Waals surface area contributed by atoms with Gasteiger partial charge in [-0.3, -0.25) is 4.79 Å². The molecule has 0 aromatic rings. The first-order chi connectivity index (χ1) is 13.1. The Balaban J connectivity index is 1.94. The first-order valence-electron chi connectivity index (χ1n) is 11.9. The highest BCUT2D eigenvalue weighted by atomic mass is 28.4. The number of fused-ring (bicyclic) bond motifs is 1. The molecular formula is C24H46O3Si. The van der Waals surface area contributed by atoms with Crippen LogP contribution in [0.3, 0.4) is 0 Å². The quantitative estimate of drug-likeness (QED) is 0.387. The van der Waals surface area contributed by atoms with Gasteiger partial charge in [0.25, 0.3) is 0 Å². The number of rotatable bonds is 10. The van der Waals surface area contributed by atoms with Crippen LogP contribution in [-0.4, -0.2) is 32.4 Å². The number of carbonyl (C=O) groups excluding carboxylic acids is 1. The molecular weight excluding hydrogens is 364 g/mol. The minimum Gasteiger partial charge on any atom is -0.412 e. The lowest BCUT2D eigenvalue weighted by atomic mass is 9.70. The van der Waals surface area contributed by atoms with E-state index >= 15 is 0 Å². The van der Waals surface area contributed by atoms with Crippen molar-refractivity contribution in [1.82, 2.24) is 0 Å². The lowest BCUT2D eigenvalue weighted by molar-refractivity contribution is -0.128. The Hall–Kier alpha value is -0.193. The smallest absolute Gasteiger partial charge is 0.192 e. The molecule has 3 nitrogen and oxygen atoms in total. The number of hydrogen-bond acceptors (Lipinski definition) is 3. The summed E-state index contributed by atoms with van der Waals surface area (Å²) in [7, 11) is -1.63. The summed E-state index contributed by atoms with van der Waals surface area (Å²) in [4.78, 5) is 12.4. The van der Waals surface area contributed by atoms with Crippen molar-refractivity contribution in [1.29, 1.82) is 0 Å². The molecule has 0 aliphatic heterocycles. The zero-order valence-corrected chi connectivity index (χ0v) is 20.8. The van der Waals surface area contributed by atoms with Gasteiger partial charge in [0.1, 0.15) is 5.78 Å². The van der Waals surface area contributed by atoms with Crippen LogP contribution in [0.4, 0.5) is 0 Å². The van der Waals surface area contributed by atoms with Gasteiger partial charge in [-0.1, -0.05) is 34.6 Å². The Morgan fingerprint density at radius 1 is 1.07 bits per heavy atom. The van der Waals surface area contributed by atoms with Gasteiger partial charge in [0.15, 0.2) is 8.32 Å². The van der Waals surface area contributed by atoms with Gasteiger partial charge >= 0.3 is 0 Å². The van der Waals surface area contributed by atoms with Crippen LogP contribution in [0.5, 0.6) is 0 Å². The third-order valence-electron chi connectivity index (χ3n) is 8.50. The normalized spacial score (nSPS) is 30.9. The zero-order valence-electron chi connectivity index (χ0n) is 19.8. The molecule has 0 saturated heterocycles. The highest BCUT2D eigenvalue weighted by Crippen LogP contribution is 2.49. The maximum absolute atomic E-state index is 12.4. The van der Waals surface area contributed by atoms with E-state index in [1.165, 1.54) is 18.1 Å². The maximum Gasteiger partial charge on any atom is 0.192 e. The highest BCUT2D eigenvalue weighted by molar-refractivity contribution is 6.73. The maximum atomic E-state index is 12.4. The largest absolute Gasteiger partial charge is 0.412 e. The van der Waals surface area contributed by atoms with E-state index in [1.54, 1.807) is 0 Å². The number of carbonyl (C=O) groups is 1. The fraction of sp³-hybridized carbons (Fsp3) is 0.958. The molecule has 2 rings (SSSR count). The van der Waals surface area contributed by atoms with E-state index in [-0.39, 0.29) is 11.7 Å². The van der Waals surface area contributed by atoms with Crippen molar-refractivity contribution >= 4 is 14.1 Å². The first-order valence-corrected chi connectivity index (χ1v) is 14.5. The molecule has 0 aromatic heterocycles. The number of ether oxygens (including phenoxy) is 1. The first kappa shape index (κ1) is 24.1. The molecule has 2 aliphatic rings. The van der Waals surface area contributed by atoms with Crippen molar-refractivity contribution in [3.8, 4) is 0 Å². The van der Waals surface area contributed by atoms with Gasteiger partial charge in [0.2, 0.25) is 0 Å². The molecule has 0 radical (unpaired) electrons. The van der Waals surface area contributed by atoms with Gasteiger partial charge < -0.3 is 9.16 Å². The molecule has 0 spiro atoms. The molecule has 0 aromatic carbocycles. The standard InChI is InChI=1S/C24H46O3Si/c1-9-28(10-2,11-3)27-24(7,8)18(5)16-26-19(6)20-13-14-21-22(25)15-12-17(4)23(20)21/h17-21,23H,9-16H2,1-8H3/t17-,18+,19-,20?,21?,23?/m1/s1. The summed E-state index contributed by atoms with van der Waals surface area (Å²) in [5, 5.41) is 0. The Morgan fingerprint density at radius 3 is 2.25 bits per heavy atom. The molecule has 2 aliphatic carbocycles. The summed E-state index contributed by atoms with van der Waals surface area (Å²) in [6.07, 6.45) is 4.32. The summed E-state index contributed by atoms with van der Waals surface area (Å²) in [6, 6.07) is 3.55. The molecule has 0 bridgehead atoms. The average Bonchev–Trinajstić information content (AvgIpc) is 3.13. The van der Waals surface area contributed by atoms with Crippen molar-refractivity contribution in [2.45, 2.75) is 111 Å². The predicted molar refractivity (Wildman–Crippen MR) is 120 cm³/mol. The minimum absolute atomic E-state index is 0.153. The second-order valence-corrected chi connectivity index (χ2v) is 15.0. The van der Waals surface area contributed by atoms with Gasteiger partial charge in [-0.2, -0.15) is 0 Å². The molecule has 3 unspecified atom stereocenters. The molecule has 0 amide bonds.